The summed E-state index contributed by atoms with van der Waals surface area (Å²) in [7, 11) is 4.17. The molecule has 0 bridgehead atoms. The highest BCUT2D eigenvalue weighted by atomic mass is 32.2. The monoisotopic (exact) mass is 354 g/mol. The molecule has 0 amide bonds. The number of rotatable bonds is 8. The third-order valence-electron chi connectivity index (χ3n) is 4.31. The van der Waals surface area contributed by atoms with E-state index in [4.69, 9.17) is 4.99 Å². The van der Waals surface area contributed by atoms with Crippen LogP contribution in [0.15, 0.2) is 63.0 Å². The van der Waals surface area contributed by atoms with Crippen LogP contribution in [0.3, 0.4) is 0 Å². The Hall–Kier alpha value is -1.46. The average molecular weight is 354 g/mol. The predicted molar refractivity (Wildman–Crippen MR) is 114 cm³/mol. The molecular weight excluding hydrogens is 325 g/mol. The predicted octanol–water partition coefficient (Wildman–Crippen LogP) is 4.68. The van der Waals surface area contributed by atoms with Gasteiger partial charge < -0.3 is 10.1 Å². The fourth-order valence-electron chi connectivity index (χ4n) is 3.34. The lowest BCUT2D eigenvalue weighted by Gasteiger charge is -2.30. The van der Waals surface area contributed by atoms with E-state index >= 15 is 0 Å². The Balaban J connectivity index is 2.37. The molecule has 0 aliphatic carbocycles. The van der Waals surface area contributed by atoms with E-state index in [1.807, 2.05) is 20.0 Å². The zero-order valence-electron chi connectivity index (χ0n) is 15.9. The molecule has 0 saturated carbocycles. The molecule has 5 heteroatoms. The topological polar surface area (TPSA) is 27.6 Å². The molecule has 0 aromatic heterocycles. The third kappa shape index (κ3) is 4.80. The maximum atomic E-state index is 4.91. The van der Waals surface area contributed by atoms with Crippen LogP contribution in [0.1, 0.15) is 33.6 Å². The van der Waals surface area contributed by atoms with Crippen LogP contribution in [0, 0.1) is 0 Å². The Labute approximate surface area is 158 Å². The van der Waals surface area contributed by atoms with Gasteiger partial charge in [-0.2, -0.15) is 0 Å². The highest BCUT2D eigenvalue weighted by Crippen LogP contribution is 2.39. The molecule has 1 unspecified atom stereocenters. The van der Waals surface area contributed by atoms with Crippen LogP contribution < -0.4 is 5.23 Å². The van der Waals surface area contributed by atoms with Crippen LogP contribution in [0.5, 0.6) is 0 Å². The average Bonchev–Trinajstić information content (AvgIpc) is 3.02. The summed E-state index contributed by atoms with van der Waals surface area (Å²) in [6.45, 7) is 12.2. The standard InChI is InChI=1S/C20H29BN3S/c1-6-9-16(10-7-2)18-13-23-20(15(4)25-11-8-3)24-14-17(21-22-5)12-19(18)24/h6,8-11,17,22H,4,7,12-14H2,1-3,5H3/b9-6-,11-8-,16-10+. The molecule has 1 fully saturated rings. The Morgan fingerprint density at radius 2 is 2.24 bits per heavy atom. The third-order valence-corrected chi connectivity index (χ3v) is 5.18. The van der Waals surface area contributed by atoms with Crippen LogP contribution in [0.2, 0.25) is 5.82 Å². The van der Waals surface area contributed by atoms with E-state index in [-0.39, 0.29) is 0 Å². The lowest BCUT2D eigenvalue weighted by Crippen LogP contribution is -2.33. The van der Waals surface area contributed by atoms with Gasteiger partial charge in [0.15, 0.2) is 0 Å². The van der Waals surface area contributed by atoms with E-state index in [1.54, 1.807) is 11.8 Å². The maximum absolute atomic E-state index is 4.91. The zero-order valence-corrected chi connectivity index (χ0v) is 16.7. The number of nitrogens with one attached hydrogen (secondary N) is 1. The van der Waals surface area contributed by atoms with Crippen molar-refractivity contribution in [3.63, 3.8) is 0 Å². The van der Waals surface area contributed by atoms with Crippen molar-refractivity contribution in [3.8, 4) is 0 Å². The fourth-order valence-corrected chi connectivity index (χ4v) is 3.92. The van der Waals surface area contributed by atoms with Crippen molar-refractivity contribution in [2.24, 2.45) is 4.99 Å². The molecule has 0 aromatic carbocycles. The van der Waals surface area contributed by atoms with Crippen LogP contribution in [-0.4, -0.2) is 38.3 Å². The number of nitrogens with zero attached hydrogens (tertiary/aromatic N) is 2. The van der Waals surface area contributed by atoms with Gasteiger partial charge in [0.1, 0.15) is 5.84 Å². The minimum absolute atomic E-state index is 0.492. The van der Waals surface area contributed by atoms with E-state index in [1.165, 1.54) is 16.8 Å². The molecule has 0 aromatic rings. The Morgan fingerprint density at radius 1 is 1.44 bits per heavy atom. The van der Waals surface area contributed by atoms with Crippen molar-refractivity contribution in [1.82, 2.24) is 10.1 Å². The Morgan fingerprint density at radius 3 is 2.88 bits per heavy atom. The molecule has 1 saturated heterocycles. The Bertz CT molecular complexity index is 643. The first kappa shape index (κ1) is 19.9. The summed E-state index contributed by atoms with van der Waals surface area (Å²) in [6.07, 6.45) is 10.8. The van der Waals surface area contributed by atoms with Crippen molar-refractivity contribution in [2.75, 3.05) is 20.1 Å². The zero-order chi connectivity index (χ0) is 18.2. The van der Waals surface area contributed by atoms with E-state index in [0.29, 0.717) is 5.82 Å². The highest BCUT2D eigenvalue weighted by molar-refractivity contribution is 8.06. The van der Waals surface area contributed by atoms with Gasteiger partial charge in [0.25, 0.3) is 0 Å². The first-order chi connectivity index (χ1) is 12.2. The second-order valence-corrected chi connectivity index (χ2v) is 7.17. The molecule has 3 nitrogen and oxygen atoms in total. The largest absolute Gasteiger partial charge is 0.363 e. The van der Waals surface area contributed by atoms with Gasteiger partial charge in [-0.25, -0.2) is 0 Å². The van der Waals surface area contributed by atoms with Gasteiger partial charge in [0.2, 0.25) is 7.41 Å². The number of amidine groups is 1. The summed E-state index contributed by atoms with van der Waals surface area (Å²) in [6, 6.07) is 0. The lowest BCUT2D eigenvalue weighted by molar-refractivity contribution is 0.569. The number of allylic oxidation sites excluding steroid dienone is 5. The van der Waals surface area contributed by atoms with Gasteiger partial charge in [0, 0.05) is 17.1 Å². The summed E-state index contributed by atoms with van der Waals surface area (Å²) in [5.74, 6) is 1.52. The first-order valence-electron chi connectivity index (χ1n) is 9.01. The maximum Gasteiger partial charge on any atom is 0.210 e. The molecule has 2 rings (SSSR count). The highest BCUT2D eigenvalue weighted by Gasteiger charge is 2.35. The minimum atomic E-state index is 0.492. The number of aliphatic imine (C=N–C) groups is 1. The van der Waals surface area contributed by atoms with Crippen molar-refractivity contribution in [3.05, 3.63) is 58.0 Å². The van der Waals surface area contributed by atoms with Gasteiger partial charge in [-0.1, -0.05) is 49.6 Å². The molecule has 133 valence electrons. The van der Waals surface area contributed by atoms with E-state index in [0.717, 1.165) is 36.7 Å². The molecule has 1 radical (unpaired) electrons. The lowest BCUT2D eigenvalue weighted by atomic mass is 9.74. The number of hydrogen-bond acceptors (Lipinski definition) is 4. The van der Waals surface area contributed by atoms with Crippen LogP contribution >= 0.6 is 11.8 Å². The number of thioether (sulfide) groups is 1. The molecule has 0 spiro atoms. The SMILES string of the molecule is C=C(S/C=C\C)C1=NCC(C(/C=C\C)=C/CC)=C2CC([B]NC)CN12. The van der Waals surface area contributed by atoms with E-state index in [9.17, 15) is 0 Å². The molecule has 1 atom stereocenters. The second-order valence-electron chi connectivity index (χ2n) is 6.17. The summed E-state index contributed by atoms with van der Waals surface area (Å²) in [5, 5.41) is 5.28. The van der Waals surface area contributed by atoms with Crippen molar-refractivity contribution in [2.45, 2.75) is 39.4 Å². The van der Waals surface area contributed by atoms with Crippen molar-refractivity contribution < 1.29 is 0 Å². The van der Waals surface area contributed by atoms with Gasteiger partial charge in [-0.05, 0) is 56.1 Å². The van der Waals surface area contributed by atoms with Gasteiger partial charge in [0.05, 0.1) is 6.54 Å². The molecule has 2 aliphatic heterocycles. The normalized spacial score (nSPS) is 21.3. The van der Waals surface area contributed by atoms with Crippen LogP contribution in [-0.2, 0) is 0 Å². The molecule has 25 heavy (non-hydrogen) atoms. The number of hydrogen-bond donors (Lipinski definition) is 1. The van der Waals surface area contributed by atoms with Crippen molar-refractivity contribution in [1.29, 1.82) is 0 Å². The summed E-state index contributed by atoms with van der Waals surface area (Å²) in [5.41, 5.74) is 4.07. The summed E-state index contributed by atoms with van der Waals surface area (Å²) < 4.78 is 0. The quantitative estimate of drug-likeness (QED) is 0.507. The number of fused-ring (bicyclic) bond motifs is 1. The fraction of sp³-hybridized carbons (Fsp3) is 0.450. The minimum Gasteiger partial charge on any atom is -0.363 e. The smallest absolute Gasteiger partial charge is 0.210 e. The molecular formula is C20H29BN3S. The van der Waals surface area contributed by atoms with Crippen LogP contribution in [0.25, 0.3) is 0 Å². The van der Waals surface area contributed by atoms with Gasteiger partial charge in [-0.3, -0.25) is 4.99 Å². The van der Waals surface area contributed by atoms with Crippen LogP contribution in [0.4, 0.5) is 0 Å². The molecule has 2 heterocycles. The summed E-state index contributed by atoms with van der Waals surface area (Å²) >= 11 is 1.65. The van der Waals surface area contributed by atoms with Gasteiger partial charge in [-0.15, -0.1) is 0 Å². The molecule has 1 N–H and O–H groups in total. The second kappa shape index (κ2) is 9.88. The summed E-state index contributed by atoms with van der Waals surface area (Å²) in [4.78, 5) is 8.31. The Kier molecular flexibility index (Phi) is 7.85. The van der Waals surface area contributed by atoms with E-state index < -0.39 is 0 Å². The van der Waals surface area contributed by atoms with E-state index in [2.05, 4.69) is 61.6 Å². The van der Waals surface area contributed by atoms with Gasteiger partial charge >= 0.3 is 0 Å². The first-order valence-corrected chi connectivity index (χ1v) is 9.89. The van der Waals surface area contributed by atoms with Crippen molar-refractivity contribution >= 4 is 25.0 Å². The molecule has 2 aliphatic rings.